The van der Waals surface area contributed by atoms with E-state index in [1.807, 2.05) is 31.2 Å². The van der Waals surface area contributed by atoms with Crippen LogP contribution in [-0.2, 0) is 11.2 Å². The van der Waals surface area contributed by atoms with E-state index in [1.165, 1.54) is 0 Å². The van der Waals surface area contributed by atoms with E-state index in [9.17, 15) is 4.79 Å². The molecule has 0 aromatic heterocycles. The van der Waals surface area contributed by atoms with Gasteiger partial charge in [-0.2, -0.15) is 0 Å². The number of hydrogen-bond acceptors (Lipinski definition) is 2. The fourth-order valence-corrected chi connectivity index (χ4v) is 1.07. The first-order valence-electron chi connectivity index (χ1n) is 4.13. The van der Waals surface area contributed by atoms with Crippen molar-refractivity contribution in [3.8, 4) is 0 Å². The second-order valence-electron chi connectivity index (χ2n) is 3.13. The zero-order valence-corrected chi connectivity index (χ0v) is 9.65. The second-order valence-corrected chi connectivity index (χ2v) is 3.13. The Kier molecular flexibility index (Phi) is 5.42. The summed E-state index contributed by atoms with van der Waals surface area (Å²) in [5.74, 6) is -0.958. The molecule has 3 nitrogen and oxygen atoms in total. The summed E-state index contributed by atoms with van der Waals surface area (Å²) in [4.78, 5) is 10.4. The first-order valence-corrected chi connectivity index (χ1v) is 4.13. The second kappa shape index (κ2) is 5.78. The molecule has 0 spiro atoms. The maximum absolute atomic E-state index is 10.4. The Morgan fingerprint density at radius 2 is 1.93 bits per heavy atom. The third-order valence-corrected chi connectivity index (χ3v) is 1.89. The van der Waals surface area contributed by atoms with Crippen LogP contribution >= 0.6 is 17.0 Å². The van der Waals surface area contributed by atoms with Crippen molar-refractivity contribution in [1.29, 1.82) is 0 Å². The van der Waals surface area contributed by atoms with E-state index >= 15 is 0 Å². The summed E-state index contributed by atoms with van der Waals surface area (Å²) in [7, 11) is 0. The zero-order valence-electron chi connectivity index (χ0n) is 7.93. The van der Waals surface area contributed by atoms with Gasteiger partial charge in [-0.3, -0.25) is 4.79 Å². The molecule has 78 valence electrons. The Morgan fingerprint density at radius 1 is 1.43 bits per heavy atom. The minimum Gasteiger partial charge on any atom is -0.480 e. The molecule has 0 aliphatic rings. The molecule has 0 radical (unpaired) electrons. The first-order chi connectivity index (χ1) is 6.09. The number of halogens is 1. The summed E-state index contributed by atoms with van der Waals surface area (Å²) in [5.41, 5.74) is 7.51. The molecule has 1 aromatic carbocycles. The van der Waals surface area contributed by atoms with Crippen LogP contribution in [0, 0.1) is 6.92 Å². The number of aliphatic carboxylic acids is 1. The minimum atomic E-state index is -0.958. The predicted octanol–water partition coefficient (Wildman–Crippen LogP) is 1.53. The quantitative estimate of drug-likeness (QED) is 0.866. The van der Waals surface area contributed by atoms with Gasteiger partial charge in [0.15, 0.2) is 0 Å². The number of nitrogens with two attached hydrogens (primary N) is 1. The average Bonchev–Trinajstić information content (AvgIpc) is 2.08. The number of rotatable bonds is 3. The maximum Gasteiger partial charge on any atom is 0.320 e. The SMILES string of the molecule is Br.Cc1ccc(CC(N)C(=O)O)cc1. The van der Waals surface area contributed by atoms with Gasteiger partial charge in [-0.1, -0.05) is 29.8 Å². The van der Waals surface area contributed by atoms with Crippen molar-refractivity contribution in [2.24, 2.45) is 5.73 Å². The van der Waals surface area contributed by atoms with Gasteiger partial charge in [0.05, 0.1) is 0 Å². The Labute approximate surface area is 93.7 Å². The summed E-state index contributed by atoms with van der Waals surface area (Å²) in [6, 6.07) is 6.90. The molecule has 0 aliphatic heterocycles. The lowest BCUT2D eigenvalue weighted by atomic mass is 10.1. The number of carbonyl (C=O) groups is 1. The fourth-order valence-electron chi connectivity index (χ4n) is 1.07. The molecule has 0 fully saturated rings. The minimum absolute atomic E-state index is 0. The van der Waals surface area contributed by atoms with E-state index in [4.69, 9.17) is 10.8 Å². The first kappa shape index (κ1) is 13.1. The fraction of sp³-hybridized carbons (Fsp3) is 0.300. The lowest BCUT2D eigenvalue weighted by Crippen LogP contribution is -2.32. The van der Waals surface area contributed by atoms with Gasteiger partial charge >= 0.3 is 5.97 Å². The molecule has 3 N–H and O–H groups in total. The van der Waals surface area contributed by atoms with Gasteiger partial charge in [-0.15, -0.1) is 17.0 Å². The molecule has 0 amide bonds. The van der Waals surface area contributed by atoms with Crippen LogP contribution < -0.4 is 5.73 Å². The highest BCUT2D eigenvalue weighted by molar-refractivity contribution is 8.93. The van der Waals surface area contributed by atoms with Crippen LogP contribution in [-0.4, -0.2) is 17.1 Å². The zero-order chi connectivity index (χ0) is 9.84. The van der Waals surface area contributed by atoms with Crippen LogP contribution in [0.3, 0.4) is 0 Å². The molecule has 14 heavy (non-hydrogen) atoms. The molecule has 1 rings (SSSR count). The number of aryl methyl sites for hydroxylation is 1. The van der Waals surface area contributed by atoms with Gasteiger partial charge in [-0.25, -0.2) is 0 Å². The lowest BCUT2D eigenvalue weighted by Gasteiger charge is -2.05. The molecule has 0 bridgehead atoms. The average molecular weight is 260 g/mol. The normalized spacial score (nSPS) is 11.6. The molecule has 1 unspecified atom stereocenters. The Morgan fingerprint density at radius 3 is 2.36 bits per heavy atom. The predicted molar refractivity (Wildman–Crippen MR) is 60.8 cm³/mol. The van der Waals surface area contributed by atoms with Crippen molar-refractivity contribution in [3.05, 3.63) is 35.4 Å². The van der Waals surface area contributed by atoms with Crippen LogP contribution in [0.1, 0.15) is 11.1 Å². The van der Waals surface area contributed by atoms with E-state index < -0.39 is 12.0 Å². The maximum atomic E-state index is 10.4. The largest absolute Gasteiger partial charge is 0.480 e. The van der Waals surface area contributed by atoms with Crippen molar-refractivity contribution in [2.45, 2.75) is 19.4 Å². The standard InChI is InChI=1S/C10H13NO2.BrH/c1-7-2-4-8(5-3-7)6-9(11)10(12)13;/h2-5,9H,6,11H2,1H3,(H,12,13);1H. The van der Waals surface area contributed by atoms with Gasteiger partial charge in [0.1, 0.15) is 6.04 Å². The van der Waals surface area contributed by atoms with Crippen LogP contribution in [0.25, 0.3) is 0 Å². The third-order valence-electron chi connectivity index (χ3n) is 1.89. The van der Waals surface area contributed by atoms with E-state index in [2.05, 4.69) is 0 Å². The summed E-state index contributed by atoms with van der Waals surface area (Å²) < 4.78 is 0. The third kappa shape index (κ3) is 3.89. The highest BCUT2D eigenvalue weighted by Crippen LogP contribution is 2.05. The van der Waals surface area contributed by atoms with Gasteiger partial charge in [0.2, 0.25) is 0 Å². The van der Waals surface area contributed by atoms with Gasteiger partial charge in [-0.05, 0) is 18.9 Å². The monoisotopic (exact) mass is 259 g/mol. The highest BCUT2D eigenvalue weighted by Gasteiger charge is 2.11. The molecule has 0 aliphatic carbocycles. The van der Waals surface area contributed by atoms with Crippen molar-refractivity contribution in [3.63, 3.8) is 0 Å². The molecule has 1 aromatic rings. The molecular formula is C10H14BrNO2. The van der Waals surface area contributed by atoms with E-state index in [1.54, 1.807) is 0 Å². The van der Waals surface area contributed by atoms with Crippen molar-refractivity contribution < 1.29 is 9.90 Å². The lowest BCUT2D eigenvalue weighted by molar-refractivity contribution is -0.138. The van der Waals surface area contributed by atoms with Gasteiger partial charge in [0, 0.05) is 0 Å². The summed E-state index contributed by atoms with van der Waals surface area (Å²) >= 11 is 0. The summed E-state index contributed by atoms with van der Waals surface area (Å²) in [6.45, 7) is 1.99. The molecule has 0 saturated heterocycles. The van der Waals surface area contributed by atoms with E-state index in [-0.39, 0.29) is 17.0 Å². The number of benzene rings is 1. The van der Waals surface area contributed by atoms with Crippen LogP contribution in [0.15, 0.2) is 24.3 Å². The number of hydrogen-bond donors (Lipinski definition) is 2. The van der Waals surface area contributed by atoms with Gasteiger partial charge in [0.25, 0.3) is 0 Å². The highest BCUT2D eigenvalue weighted by atomic mass is 79.9. The van der Waals surface area contributed by atoms with E-state index in [0.29, 0.717) is 6.42 Å². The molecular weight excluding hydrogens is 246 g/mol. The molecule has 0 heterocycles. The van der Waals surface area contributed by atoms with E-state index in [0.717, 1.165) is 11.1 Å². The summed E-state index contributed by atoms with van der Waals surface area (Å²) in [5, 5.41) is 8.57. The summed E-state index contributed by atoms with van der Waals surface area (Å²) in [6.07, 6.45) is 0.385. The molecule has 4 heteroatoms. The Balaban J connectivity index is 0.00000169. The van der Waals surface area contributed by atoms with Crippen molar-refractivity contribution in [2.75, 3.05) is 0 Å². The van der Waals surface area contributed by atoms with Crippen LogP contribution in [0.5, 0.6) is 0 Å². The number of carboxylic acids is 1. The smallest absolute Gasteiger partial charge is 0.320 e. The Bertz CT molecular complexity index is 297. The van der Waals surface area contributed by atoms with Crippen molar-refractivity contribution >= 4 is 23.0 Å². The topological polar surface area (TPSA) is 63.3 Å². The molecule has 0 saturated carbocycles. The van der Waals surface area contributed by atoms with Gasteiger partial charge < -0.3 is 10.8 Å². The molecule has 1 atom stereocenters. The van der Waals surface area contributed by atoms with Crippen molar-refractivity contribution in [1.82, 2.24) is 0 Å². The van der Waals surface area contributed by atoms with Crippen LogP contribution in [0.2, 0.25) is 0 Å². The Hall–Kier alpha value is -0.870. The van der Waals surface area contributed by atoms with Crippen LogP contribution in [0.4, 0.5) is 0 Å². The number of carboxylic acid groups (broad SMARTS) is 1.